The minimum absolute atomic E-state index is 0.0447. The molecule has 1 spiro atoms. The Kier molecular flexibility index (Phi) is 7.80. The monoisotopic (exact) mass is 698 g/mol. The molecule has 3 aromatic rings. The van der Waals surface area contributed by atoms with Crippen LogP contribution in [0.3, 0.4) is 0 Å². The number of allylic oxidation sites excluding steroid dienone is 2. The summed E-state index contributed by atoms with van der Waals surface area (Å²) in [6, 6.07) is 2.52. The van der Waals surface area contributed by atoms with E-state index >= 15 is 0 Å². The number of ether oxygens (including phenoxy) is 7. The molecule has 4 aliphatic rings. The van der Waals surface area contributed by atoms with Crippen molar-refractivity contribution in [3.63, 3.8) is 0 Å². The summed E-state index contributed by atoms with van der Waals surface area (Å²) in [5.41, 5.74) is -2.68. The highest BCUT2D eigenvalue weighted by atomic mass is 16.8. The molecule has 1 aromatic heterocycles. The van der Waals surface area contributed by atoms with Crippen LogP contribution in [0.1, 0.15) is 61.8 Å². The van der Waals surface area contributed by atoms with Crippen LogP contribution in [0.4, 0.5) is 0 Å². The number of ketones is 2. The third-order valence-corrected chi connectivity index (χ3v) is 9.33. The van der Waals surface area contributed by atoms with E-state index in [1.807, 2.05) is 0 Å². The Labute approximate surface area is 280 Å². The highest BCUT2D eigenvalue weighted by Gasteiger charge is 2.63. The summed E-state index contributed by atoms with van der Waals surface area (Å²) in [6.45, 7) is 1.55. The van der Waals surface area contributed by atoms with Crippen molar-refractivity contribution >= 4 is 28.3 Å². The number of phenolic OH excluding ortho intramolecular Hbond substituents is 3. The van der Waals surface area contributed by atoms with Crippen LogP contribution < -0.4 is 15.1 Å². The van der Waals surface area contributed by atoms with Crippen LogP contribution in [-0.2, 0) is 30.1 Å². The molecule has 0 radical (unpaired) electrons. The van der Waals surface area contributed by atoms with Crippen molar-refractivity contribution < 1.29 is 77.5 Å². The van der Waals surface area contributed by atoms with Crippen LogP contribution in [0, 0.1) is 0 Å². The molecule has 4 heterocycles. The molecule has 0 saturated carbocycles. The second kappa shape index (κ2) is 11.7. The number of aromatic hydroxyl groups is 3. The van der Waals surface area contributed by atoms with Crippen LogP contribution in [-0.4, -0.2) is 101 Å². The average molecular weight is 699 g/mol. The van der Waals surface area contributed by atoms with Gasteiger partial charge in [0.25, 0.3) is 0 Å². The van der Waals surface area contributed by atoms with Crippen LogP contribution in [0.5, 0.6) is 28.7 Å². The first-order chi connectivity index (χ1) is 23.8. The molecule has 2 aromatic carbocycles. The molecule has 5 N–H and O–H groups in total. The van der Waals surface area contributed by atoms with Crippen LogP contribution in [0.2, 0.25) is 0 Å². The van der Waals surface area contributed by atoms with Crippen molar-refractivity contribution in [2.24, 2.45) is 0 Å². The number of hydrogen-bond acceptors (Lipinski definition) is 17. The molecular weight excluding hydrogens is 668 g/mol. The topological polar surface area (TPSA) is 247 Å². The molecule has 1 saturated heterocycles. The number of carbonyl (C=O) groups excluding carboxylic acids is 3. The zero-order valence-corrected chi connectivity index (χ0v) is 26.7. The first-order valence-electron chi connectivity index (χ1n) is 15.2. The molecule has 17 nitrogen and oxygen atoms in total. The Balaban J connectivity index is 1.41. The predicted molar refractivity (Wildman–Crippen MR) is 162 cm³/mol. The van der Waals surface area contributed by atoms with E-state index in [9.17, 15) is 44.7 Å². The van der Waals surface area contributed by atoms with Crippen LogP contribution in [0.15, 0.2) is 33.2 Å². The molecule has 17 heteroatoms. The highest BCUT2D eigenvalue weighted by molar-refractivity contribution is 6.26. The van der Waals surface area contributed by atoms with Gasteiger partial charge < -0.3 is 63.1 Å². The zero-order valence-electron chi connectivity index (χ0n) is 26.7. The van der Waals surface area contributed by atoms with Gasteiger partial charge in [0.15, 0.2) is 46.9 Å². The Morgan fingerprint density at radius 2 is 1.68 bits per heavy atom. The lowest BCUT2D eigenvalue weighted by Gasteiger charge is -2.44. The Hall–Kier alpha value is -5.20. The van der Waals surface area contributed by atoms with E-state index < -0.39 is 128 Å². The SMILES string of the molecule is COC(=O)c1cc2cc3c(c(O)c2c(=O)o1)OC1(Oc2c(O)c4c(c(O)c2[C@H]1O[C@H]1C[C@@H](OC)[C@@H](O)[C@H](C)O1)C(=O)C=C(OC)C4=O)[C@H](O)C3. The fraction of sp³-hybridized carbons (Fsp3) is 0.394. The molecule has 0 amide bonds. The number of Topliss-reactive ketones (excluding diaryl/α,β-unsaturated/α-hetero) is 1. The maximum absolute atomic E-state index is 13.2. The Bertz CT molecular complexity index is 2080. The predicted octanol–water partition coefficient (Wildman–Crippen LogP) is 1.26. The summed E-state index contributed by atoms with van der Waals surface area (Å²) < 4.78 is 44.5. The van der Waals surface area contributed by atoms with Gasteiger partial charge in [-0.15, -0.1) is 0 Å². The summed E-state index contributed by atoms with van der Waals surface area (Å²) in [7, 11) is 3.58. The molecule has 1 aliphatic carbocycles. The number of benzene rings is 2. The van der Waals surface area contributed by atoms with Gasteiger partial charge in [-0.05, 0) is 24.4 Å². The lowest BCUT2D eigenvalue weighted by Crippen LogP contribution is -2.59. The summed E-state index contributed by atoms with van der Waals surface area (Å²) >= 11 is 0. The molecule has 50 heavy (non-hydrogen) atoms. The number of aliphatic hydroxyl groups excluding tert-OH is 2. The lowest BCUT2D eigenvalue weighted by molar-refractivity contribution is -0.313. The Morgan fingerprint density at radius 1 is 0.960 bits per heavy atom. The molecule has 0 bridgehead atoms. The van der Waals surface area contributed by atoms with Gasteiger partial charge in [0, 0.05) is 31.6 Å². The van der Waals surface area contributed by atoms with Crippen LogP contribution >= 0.6 is 0 Å². The first-order valence-corrected chi connectivity index (χ1v) is 15.2. The van der Waals surface area contributed by atoms with E-state index in [1.54, 1.807) is 6.92 Å². The summed E-state index contributed by atoms with van der Waals surface area (Å²) in [4.78, 5) is 51.5. The van der Waals surface area contributed by atoms with Crippen molar-refractivity contribution in [1.82, 2.24) is 0 Å². The smallest absolute Gasteiger partial charge is 0.374 e. The van der Waals surface area contributed by atoms with Gasteiger partial charge in [-0.3, -0.25) is 9.59 Å². The molecular formula is C33H30O17. The fourth-order valence-corrected chi connectivity index (χ4v) is 6.86. The molecule has 7 atom stereocenters. The number of phenols is 3. The van der Waals surface area contributed by atoms with Gasteiger partial charge in [-0.2, -0.15) is 0 Å². The van der Waals surface area contributed by atoms with Gasteiger partial charge in [0.1, 0.15) is 23.3 Å². The number of fused-ring (bicyclic) bond motifs is 4. The number of methoxy groups -OCH3 is 3. The van der Waals surface area contributed by atoms with Crippen molar-refractivity contribution in [2.45, 2.75) is 62.4 Å². The van der Waals surface area contributed by atoms with E-state index in [2.05, 4.69) is 4.74 Å². The quantitative estimate of drug-likeness (QED) is 0.186. The molecule has 1 unspecified atom stereocenters. The maximum atomic E-state index is 13.2. The maximum Gasteiger partial charge on any atom is 0.374 e. The summed E-state index contributed by atoms with van der Waals surface area (Å²) in [6.07, 6.45) is -7.15. The minimum Gasteiger partial charge on any atom is -0.507 e. The number of esters is 1. The van der Waals surface area contributed by atoms with Gasteiger partial charge >= 0.3 is 17.4 Å². The van der Waals surface area contributed by atoms with Crippen molar-refractivity contribution in [3.05, 3.63) is 62.4 Å². The zero-order chi connectivity index (χ0) is 36.0. The van der Waals surface area contributed by atoms with Crippen molar-refractivity contribution in [2.75, 3.05) is 21.3 Å². The third-order valence-electron chi connectivity index (χ3n) is 9.33. The second-order valence-electron chi connectivity index (χ2n) is 12.1. The van der Waals surface area contributed by atoms with E-state index in [0.29, 0.717) is 0 Å². The first kappa shape index (κ1) is 33.3. The summed E-state index contributed by atoms with van der Waals surface area (Å²) in [5.74, 6) is -9.75. The number of rotatable bonds is 5. The molecule has 7 rings (SSSR count). The average Bonchev–Trinajstić information content (AvgIpc) is 3.40. The highest BCUT2D eigenvalue weighted by Crippen LogP contribution is 2.61. The fourth-order valence-electron chi connectivity index (χ4n) is 6.86. The van der Waals surface area contributed by atoms with Gasteiger partial charge in [-0.25, -0.2) is 9.59 Å². The van der Waals surface area contributed by atoms with Crippen molar-refractivity contribution in [3.8, 4) is 28.7 Å². The van der Waals surface area contributed by atoms with Crippen LogP contribution in [0.25, 0.3) is 10.8 Å². The van der Waals surface area contributed by atoms with E-state index in [-0.39, 0.29) is 23.8 Å². The van der Waals surface area contributed by atoms with E-state index in [4.69, 9.17) is 32.8 Å². The van der Waals surface area contributed by atoms with Gasteiger partial charge in [0.2, 0.25) is 11.5 Å². The van der Waals surface area contributed by atoms with Crippen molar-refractivity contribution in [1.29, 1.82) is 0 Å². The summed E-state index contributed by atoms with van der Waals surface area (Å²) in [5, 5.41) is 56.5. The third kappa shape index (κ3) is 4.65. The lowest BCUT2D eigenvalue weighted by atomic mass is 9.85. The molecule has 264 valence electrons. The normalized spacial score (nSPS) is 28.3. The molecule has 3 aliphatic heterocycles. The standard InChI is InChI=1S/C33H30O17/c1-10-23(36)15(44-3)9-18(46-10)48-30-22-25(38)20-13(34)8-14(43-2)24(37)21(20)27(40)29(22)50-33(30)17(35)7-12-5-11-6-16(31(41)45-4)47-32(42)19(11)26(39)28(12)49-33/h5-6,8,10,15,17-18,23,30,35-36,38-40H,7,9H2,1-4H3/t10-,15+,17+,18-,23-,30+,33?/m0/s1. The van der Waals surface area contributed by atoms with Gasteiger partial charge in [-0.1, -0.05) is 0 Å². The number of hydrogen-bond donors (Lipinski definition) is 5. The minimum atomic E-state index is -2.50. The largest absolute Gasteiger partial charge is 0.507 e. The number of aliphatic hydroxyl groups is 2. The van der Waals surface area contributed by atoms with E-state index in [0.717, 1.165) is 26.4 Å². The van der Waals surface area contributed by atoms with Gasteiger partial charge in [0.05, 0.1) is 43.1 Å². The number of carbonyl (C=O) groups is 3. The second-order valence-corrected chi connectivity index (χ2v) is 12.1. The van der Waals surface area contributed by atoms with E-state index in [1.165, 1.54) is 13.2 Å². The molecule has 1 fully saturated rings. The Morgan fingerprint density at radius 3 is 2.36 bits per heavy atom.